The molecule has 2 rings (SSSR count). The molecule has 0 aliphatic heterocycles. The van der Waals surface area contributed by atoms with Crippen molar-refractivity contribution in [3.05, 3.63) is 29.6 Å². The van der Waals surface area contributed by atoms with E-state index in [4.69, 9.17) is 4.74 Å². The van der Waals surface area contributed by atoms with E-state index in [9.17, 15) is 4.39 Å². The summed E-state index contributed by atoms with van der Waals surface area (Å²) in [5.74, 6) is 1.36. The van der Waals surface area contributed by atoms with Crippen LogP contribution in [0, 0.1) is 17.7 Å². The van der Waals surface area contributed by atoms with Crippen molar-refractivity contribution < 1.29 is 9.13 Å². The van der Waals surface area contributed by atoms with Crippen molar-refractivity contribution >= 4 is 15.9 Å². The highest BCUT2D eigenvalue weighted by molar-refractivity contribution is 9.09. The van der Waals surface area contributed by atoms with Gasteiger partial charge in [-0.1, -0.05) is 49.2 Å². The maximum Gasteiger partial charge on any atom is 0.165 e. The summed E-state index contributed by atoms with van der Waals surface area (Å²) in [7, 11) is 1.50. The molecule has 0 spiro atoms. The predicted octanol–water partition coefficient (Wildman–Crippen LogP) is 5.31. The monoisotopic (exact) mass is 342 g/mol. The minimum absolute atomic E-state index is 0.0403. The van der Waals surface area contributed by atoms with Crippen LogP contribution in [0.25, 0.3) is 0 Å². The average molecular weight is 343 g/mol. The topological polar surface area (TPSA) is 9.23 Å². The van der Waals surface area contributed by atoms with Crippen LogP contribution >= 0.6 is 15.9 Å². The van der Waals surface area contributed by atoms with Crippen LogP contribution in [0.5, 0.6) is 5.75 Å². The summed E-state index contributed by atoms with van der Waals surface area (Å²) in [5.41, 5.74) is 1.02. The van der Waals surface area contributed by atoms with Crippen molar-refractivity contribution in [2.24, 2.45) is 11.8 Å². The Kier molecular flexibility index (Phi) is 4.78. The van der Waals surface area contributed by atoms with Crippen molar-refractivity contribution in [3.63, 3.8) is 0 Å². The lowest BCUT2D eigenvalue weighted by Crippen LogP contribution is -2.38. The Morgan fingerprint density at radius 1 is 1.30 bits per heavy atom. The molecule has 1 aromatic carbocycles. The van der Waals surface area contributed by atoms with Crippen LogP contribution in [-0.4, -0.2) is 11.9 Å². The lowest BCUT2D eigenvalue weighted by Gasteiger charge is -2.42. The fourth-order valence-corrected chi connectivity index (χ4v) is 4.97. The number of ether oxygens (including phenoxy) is 1. The number of benzene rings is 1. The first-order valence-corrected chi connectivity index (χ1v) is 8.26. The molecule has 1 saturated carbocycles. The molecule has 0 saturated heterocycles. The quantitative estimate of drug-likeness (QED) is 0.676. The predicted molar refractivity (Wildman–Crippen MR) is 85.2 cm³/mol. The van der Waals surface area contributed by atoms with Gasteiger partial charge in [0.05, 0.1) is 7.11 Å². The van der Waals surface area contributed by atoms with Gasteiger partial charge in [-0.25, -0.2) is 4.39 Å². The zero-order chi connectivity index (χ0) is 14.9. The van der Waals surface area contributed by atoms with Crippen molar-refractivity contribution in [2.75, 3.05) is 7.11 Å². The highest BCUT2D eigenvalue weighted by Crippen LogP contribution is 2.45. The van der Waals surface area contributed by atoms with Gasteiger partial charge in [0.2, 0.25) is 0 Å². The zero-order valence-electron chi connectivity index (χ0n) is 12.7. The molecule has 0 N–H and O–H groups in total. The maximum absolute atomic E-state index is 14.0. The van der Waals surface area contributed by atoms with Crippen LogP contribution in [0.4, 0.5) is 4.39 Å². The Bertz CT molecular complexity index is 472. The van der Waals surface area contributed by atoms with Gasteiger partial charge in [0, 0.05) is 4.83 Å². The summed E-state index contributed by atoms with van der Waals surface area (Å²) in [5, 5.41) is 0. The molecular formula is C17H24BrFO. The SMILES string of the molecule is COc1ccc(C(C)(C)C2CCC(C)CC2Br)cc1F. The van der Waals surface area contributed by atoms with Gasteiger partial charge in [-0.3, -0.25) is 0 Å². The van der Waals surface area contributed by atoms with Gasteiger partial charge in [0.15, 0.2) is 11.6 Å². The minimum atomic E-state index is -0.270. The summed E-state index contributed by atoms with van der Waals surface area (Å²) >= 11 is 3.86. The van der Waals surface area contributed by atoms with Gasteiger partial charge >= 0.3 is 0 Å². The molecule has 3 heteroatoms. The van der Waals surface area contributed by atoms with Crippen LogP contribution < -0.4 is 4.74 Å². The number of methoxy groups -OCH3 is 1. The molecule has 0 amide bonds. The molecule has 1 nitrogen and oxygen atoms in total. The number of hydrogen-bond donors (Lipinski definition) is 0. The first-order chi connectivity index (χ1) is 9.36. The third-order valence-electron chi connectivity index (χ3n) is 4.86. The van der Waals surface area contributed by atoms with Crippen molar-refractivity contribution in [2.45, 2.75) is 50.3 Å². The van der Waals surface area contributed by atoms with Crippen molar-refractivity contribution in [1.29, 1.82) is 0 Å². The molecule has 112 valence electrons. The second-order valence-electron chi connectivity index (χ2n) is 6.61. The largest absolute Gasteiger partial charge is 0.494 e. The Hall–Kier alpha value is -0.570. The molecule has 0 bridgehead atoms. The fourth-order valence-electron chi connectivity index (χ4n) is 3.41. The Morgan fingerprint density at radius 3 is 2.55 bits per heavy atom. The first-order valence-electron chi connectivity index (χ1n) is 7.34. The Morgan fingerprint density at radius 2 is 2.00 bits per heavy atom. The molecule has 3 atom stereocenters. The standard InChI is InChI=1S/C17H24BrFO/c1-11-5-7-13(14(18)9-11)17(2,3)12-6-8-16(20-4)15(19)10-12/h6,8,10-11,13-14H,5,7,9H2,1-4H3. The Labute approximate surface area is 130 Å². The molecular weight excluding hydrogens is 319 g/mol. The highest BCUT2D eigenvalue weighted by atomic mass is 79.9. The first kappa shape index (κ1) is 15.8. The van der Waals surface area contributed by atoms with Crippen molar-refractivity contribution in [1.82, 2.24) is 0 Å². The summed E-state index contributed by atoms with van der Waals surface area (Å²) in [4.78, 5) is 0.506. The van der Waals surface area contributed by atoms with E-state index in [0.29, 0.717) is 16.5 Å². The van der Waals surface area contributed by atoms with Gasteiger partial charge < -0.3 is 4.74 Å². The van der Waals surface area contributed by atoms with E-state index in [0.717, 1.165) is 11.5 Å². The van der Waals surface area contributed by atoms with E-state index in [1.807, 2.05) is 6.07 Å². The zero-order valence-corrected chi connectivity index (χ0v) is 14.3. The van der Waals surface area contributed by atoms with Crippen LogP contribution in [0.1, 0.15) is 45.6 Å². The molecule has 1 fully saturated rings. The lowest BCUT2D eigenvalue weighted by atomic mass is 9.66. The van der Waals surface area contributed by atoms with Gasteiger partial charge in [0.1, 0.15) is 0 Å². The lowest BCUT2D eigenvalue weighted by molar-refractivity contribution is 0.213. The van der Waals surface area contributed by atoms with Crippen LogP contribution in [0.3, 0.4) is 0 Å². The van der Waals surface area contributed by atoms with Gasteiger partial charge in [0.25, 0.3) is 0 Å². The number of alkyl halides is 1. The molecule has 1 aromatic rings. The number of hydrogen-bond acceptors (Lipinski definition) is 1. The second kappa shape index (κ2) is 6.05. The smallest absolute Gasteiger partial charge is 0.165 e. The van der Waals surface area contributed by atoms with E-state index in [-0.39, 0.29) is 11.2 Å². The minimum Gasteiger partial charge on any atom is -0.494 e. The van der Waals surface area contributed by atoms with Gasteiger partial charge in [-0.05, 0) is 47.8 Å². The highest BCUT2D eigenvalue weighted by Gasteiger charge is 2.39. The molecule has 1 aliphatic rings. The summed E-state index contributed by atoms with van der Waals surface area (Å²) in [6.07, 6.45) is 3.65. The summed E-state index contributed by atoms with van der Waals surface area (Å²) < 4.78 is 19.0. The van der Waals surface area contributed by atoms with Gasteiger partial charge in [-0.15, -0.1) is 0 Å². The number of rotatable bonds is 3. The molecule has 0 radical (unpaired) electrons. The Balaban J connectivity index is 2.27. The maximum atomic E-state index is 14.0. The molecule has 0 aromatic heterocycles. The van der Waals surface area contributed by atoms with E-state index in [2.05, 4.69) is 36.7 Å². The molecule has 3 unspecified atom stereocenters. The summed E-state index contributed by atoms with van der Waals surface area (Å²) in [6.45, 7) is 6.76. The molecule has 0 heterocycles. The van der Waals surface area contributed by atoms with E-state index < -0.39 is 0 Å². The van der Waals surface area contributed by atoms with Crippen LogP contribution in [-0.2, 0) is 5.41 Å². The molecule has 1 aliphatic carbocycles. The van der Waals surface area contributed by atoms with Crippen LogP contribution in [0.15, 0.2) is 18.2 Å². The van der Waals surface area contributed by atoms with Gasteiger partial charge in [-0.2, -0.15) is 0 Å². The van der Waals surface area contributed by atoms with E-state index in [1.54, 1.807) is 12.1 Å². The third kappa shape index (κ3) is 3.03. The fraction of sp³-hybridized carbons (Fsp3) is 0.647. The van der Waals surface area contributed by atoms with Crippen molar-refractivity contribution in [3.8, 4) is 5.75 Å². The second-order valence-corrected chi connectivity index (χ2v) is 7.79. The van der Waals surface area contributed by atoms with Crippen LogP contribution in [0.2, 0.25) is 0 Å². The summed E-state index contributed by atoms with van der Waals surface area (Å²) in [6, 6.07) is 5.37. The number of halogens is 2. The van der Waals surface area contributed by atoms with E-state index >= 15 is 0 Å². The average Bonchev–Trinajstić information content (AvgIpc) is 2.38. The van der Waals surface area contributed by atoms with E-state index in [1.165, 1.54) is 26.4 Å². The normalized spacial score (nSPS) is 27.4. The molecule has 20 heavy (non-hydrogen) atoms. The third-order valence-corrected chi connectivity index (χ3v) is 5.87.